The maximum absolute atomic E-state index is 11.7. The zero-order chi connectivity index (χ0) is 10.2. The molecule has 4 heteroatoms. The maximum Gasteiger partial charge on any atom is 0.317 e. The highest BCUT2D eigenvalue weighted by Gasteiger charge is 2.68. The Balaban J connectivity index is 2.23. The van der Waals surface area contributed by atoms with Crippen LogP contribution in [0.4, 0.5) is 0 Å². The summed E-state index contributed by atoms with van der Waals surface area (Å²) in [5.74, 6) is -0.902. The molecule has 1 aliphatic heterocycles. The first kappa shape index (κ1) is 9.93. The van der Waals surface area contributed by atoms with Crippen LogP contribution in [0.25, 0.3) is 0 Å². The zero-order valence-electron chi connectivity index (χ0n) is 8.67. The van der Waals surface area contributed by atoms with Crippen LogP contribution in [0.2, 0.25) is 0 Å². The molecule has 0 spiro atoms. The smallest absolute Gasteiger partial charge is 0.317 e. The summed E-state index contributed by atoms with van der Waals surface area (Å²) in [5, 5.41) is 0. The van der Waals surface area contributed by atoms with Crippen LogP contribution in [0, 0.1) is 5.41 Å². The van der Waals surface area contributed by atoms with Crippen molar-refractivity contribution in [1.82, 2.24) is 0 Å². The molecule has 0 aromatic rings. The van der Waals surface area contributed by atoms with Gasteiger partial charge in [0.25, 0.3) is 0 Å². The second-order valence-corrected chi connectivity index (χ2v) is 3.88. The summed E-state index contributed by atoms with van der Waals surface area (Å²) < 4.78 is 16.1. The number of carbonyl (C=O) groups is 1. The molecule has 2 rings (SSSR count). The van der Waals surface area contributed by atoms with Crippen LogP contribution in [-0.2, 0) is 19.0 Å². The van der Waals surface area contributed by atoms with Crippen molar-refractivity contribution >= 4 is 5.97 Å². The normalized spacial score (nSPS) is 27.3. The fraction of sp³-hybridized carbons (Fsp3) is 0.900. The predicted octanol–water partition coefficient (Wildman–Crippen LogP) is 1.09. The van der Waals surface area contributed by atoms with Crippen LogP contribution < -0.4 is 0 Å². The van der Waals surface area contributed by atoms with Crippen LogP contribution in [0.5, 0.6) is 0 Å². The lowest BCUT2D eigenvalue weighted by molar-refractivity contribution is -0.218. The van der Waals surface area contributed by atoms with Gasteiger partial charge in [0.15, 0.2) is 5.79 Å². The molecular weight excluding hydrogens is 184 g/mol. The van der Waals surface area contributed by atoms with Gasteiger partial charge in [0, 0.05) is 0 Å². The van der Waals surface area contributed by atoms with Gasteiger partial charge in [0.05, 0.1) is 20.3 Å². The quantitative estimate of drug-likeness (QED) is 0.640. The van der Waals surface area contributed by atoms with E-state index in [1.165, 1.54) is 7.11 Å². The predicted molar refractivity (Wildman–Crippen MR) is 48.6 cm³/mol. The largest absolute Gasteiger partial charge is 0.468 e. The fourth-order valence-electron chi connectivity index (χ4n) is 2.33. The molecule has 0 atom stereocenters. The SMILES string of the molecule is CCC1(C2(C(=O)OC)CC2)OCCO1. The van der Waals surface area contributed by atoms with Crippen LogP contribution in [-0.4, -0.2) is 32.1 Å². The molecule has 0 N–H and O–H groups in total. The average molecular weight is 200 g/mol. The van der Waals surface area contributed by atoms with E-state index < -0.39 is 11.2 Å². The molecule has 1 aliphatic carbocycles. The lowest BCUT2D eigenvalue weighted by Gasteiger charge is -2.33. The molecule has 0 aromatic carbocycles. The molecule has 14 heavy (non-hydrogen) atoms. The van der Waals surface area contributed by atoms with Crippen molar-refractivity contribution in [1.29, 1.82) is 0 Å². The topological polar surface area (TPSA) is 44.8 Å². The third-order valence-corrected chi connectivity index (χ3v) is 3.27. The second kappa shape index (κ2) is 3.21. The number of hydrogen-bond acceptors (Lipinski definition) is 4. The number of ether oxygens (including phenoxy) is 3. The lowest BCUT2D eigenvalue weighted by atomic mass is 9.92. The van der Waals surface area contributed by atoms with E-state index in [1.54, 1.807) is 0 Å². The van der Waals surface area contributed by atoms with Gasteiger partial charge >= 0.3 is 5.97 Å². The zero-order valence-corrected chi connectivity index (χ0v) is 8.67. The Kier molecular flexibility index (Phi) is 2.27. The van der Waals surface area contributed by atoms with Crippen molar-refractivity contribution in [2.75, 3.05) is 20.3 Å². The van der Waals surface area contributed by atoms with Crippen LogP contribution in [0.15, 0.2) is 0 Å². The minimum atomic E-state index is -0.708. The number of esters is 1. The molecular formula is C10H16O4. The molecule has 2 fully saturated rings. The Morgan fingerprint density at radius 1 is 1.36 bits per heavy atom. The van der Waals surface area contributed by atoms with Gasteiger partial charge in [-0.3, -0.25) is 4.79 Å². The highest BCUT2D eigenvalue weighted by Crippen LogP contribution is 2.59. The van der Waals surface area contributed by atoms with Crippen molar-refractivity contribution in [2.45, 2.75) is 32.0 Å². The summed E-state index contributed by atoms with van der Waals surface area (Å²) in [6.45, 7) is 3.13. The number of carbonyl (C=O) groups excluding carboxylic acids is 1. The first-order valence-corrected chi connectivity index (χ1v) is 5.07. The van der Waals surface area contributed by atoms with Gasteiger partial charge in [-0.1, -0.05) is 6.92 Å². The van der Waals surface area contributed by atoms with E-state index in [1.807, 2.05) is 6.92 Å². The monoisotopic (exact) mass is 200 g/mol. The van der Waals surface area contributed by atoms with Gasteiger partial charge < -0.3 is 14.2 Å². The molecule has 1 heterocycles. The van der Waals surface area contributed by atoms with E-state index in [0.717, 1.165) is 12.8 Å². The van der Waals surface area contributed by atoms with Crippen LogP contribution in [0.3, 0.4) is 0 Å². The molecule has 1 saturated carbocycles. The third kappa shape index (κ3) is 1.10. The number of methoxy groups -OCH3 is 1. The lowest BCUT2D eigenvalue weighted by Crippen LogP contribution is -2.45. The van der Waals surface area contributed by atoms with Gasteiger partial charge in [-0.15, -0.1) is 0 Å². The molecule has 0 amide bonds. The standard InChI is InChI=1S/C10H16O4/c1-3-10(13-6-7-14-10)9(4-5-9)8(11)12-2/h3-7H2,1-2H3. The van der Waals surface area contributed by atoms with E-state index >= 15 is 0 Å². The van der Waals surface area contributed by atoms with E-state index in [9.17, 15) is 4.79 Å². The van der Waals surface area contributed by atoms with Crippen LogP contribution >= 0.6 is 0 Å². The Hall–Kier alpha value is -0.610. The summed E-state index contributed by atoms with van der Waals surface area (Å²) in [7, 11) is 1.42. The first-order valence-electron chi connectivity index (χ1n) is 5.07. The van der Waals surface area contributed by atoms with Crippen molar-refractivity contribution in [3.63, 3.8) is 0 Å². The van der Waals surface area contributed by atoms with E-state index in [0.29, 0.717) is 19.6 Å². The average Bonchev–Trinajstić information content (AvgIpc) is 2.90. The first-order chi connectivity index (χ1) is 6.71. The second-order valence-electron chi connectivity index (χ2n) is 3.88. The number of rotatable bonds is 3. The molecule has 2 aliphatic rings. The number of hydrogen-bond donors (Lipinski definition) is 0. The van der Waals surface area contributed by atoms with E-state index in [2.05, 4.69) is 0 Å². The maximum atomic E-state index is 11.7. The summed E-state index contributed by atoms with van der Waals surface area (Å²) in [6.07, 6.45) is 2.32. The molecule has 80 valence electrons. The van der Waals surface area contributed by atoms with Crippen molar-refractivity contribution in [3.8, 4) is 0 Å². The molecule has 0 radical (unpaired) electrons. The summed E-state index contributed by atoms with van der Waals surface area (Å²) in [5.41, 5.74) is -0.521. The Labute approximate surface area is 83.5 Å². The van der Waals surface area contributed by atoms with Gasteiger partial charge in [-0.2, -0.15) is 0 Å². The Morgan fingerprint density at radius 3 is 2.29 bits per heavy atom. The Bertz CT molecular complexity index is 239. The Morgan fingerprint density at radius 2 is 1.93 bits per heavy atom. The van der Waals surface area contributed by atoms with Crippen molar-refractivity contribution < 1.29 is 19.0 Å². The van der Waals surface area contributed by atoms with E-state index in [4.69, 9.17) is 14.2 Å². The summed E-state index contributed by atoms with van der Waals surface area (Å²) >= 11 is 0. The highest BCUT2D eigenvalue weighted by molar-refractivity contribution is 5.81. The minimum Gasteiger partial charge on any atom is -0.468 e. The van der Waals surface area contributed by atoms with Gasteiger partial charge in [0.1, 0.15) is 5.41 Å². The third-order valence-electron chi connectivity index (χ3n) is 3.27. The highest BCUT2D eigenvalue weighted by atomic mass is 16.7. The van der Waals surface area contributed by atoms with Crippen molar-refractivity contribution in [3.05, 3.63) is 0 Å². The summed E-state index contributed by atoms with van der Waals surface area (Å²) in [4.78, 5) is 11.7. The molecule has 4 nitrogen and oxygen atoms in total. The van der Waals surface area contributed by atoms with Gasteiger partial charge in [-0.25, -0.2) is 0 Å². The minimum absolute atomic E-state index is 0.193. The summed E-state index contributed by atoms with van der Waals surface area (Å²) in [6, 6.07) is 0. The van der Waals surface area contributed by atoms with Gasteiger partial charge in [-0.05, 0) is 19.3 Å². The van der Waals surface area contributed by atoms with Crippen molar-refractivity contribution in [2.24, 2.45) is 5.41 Å². The van der Waals surface area contributed by atoms with Gasteiger partial charge in [0.2, 0.25) is 0 Å². The van der Waals surface area contributed by atoms with Crippen LogP contribution in [0.1, 0.15) is 26.2 Å². The molecule has 0 unspecified atom stereocenters. The fourth-order valence-corrected chi connectivity index (χ4v) is 2.33. The molecule has 0 bridgehead atoms. The molecule has 0 aromatic heterocycles. The molecule has 1 saturated heterocycles. The van der Waals surface area contributed by atoms with E-state index in [-0.39, 0.29) is 5.97 Å².